The molecule has 28 heavy (non-hydrogen) atoms. The average molecular weight is 407 g/mol. The van der Waals surface area contributed by atoms with Gasteiger partial charge in [-0.15, -0.1) is 0 Å². The van der Waals surface area contributed by atoms with Crippen LogP contribution in [0.1, 0.15) is 5.56 Å². The van der Waals surface area contributed by atoms with Crippen LogP contribution < -0.4 is 4.90 Å². The van der Waals surface area contributed by atoms with E-state index in [1.54, 1.807) is 23.1 Å². The summed E-state index contributed by atoms with van der Waals surface area (Å²) in [5.41, 5.74) is 2.25. The number of carbonyl (C=O) groups is 1. The largest absolute Gasteiger partial charge is 0.506 e. The second kappa shape index (κ2) is 7.92. The van der Waals surface area contributed by atoms with E-state index in [0.717, 1.165) is 16.9 Å². The maximum Gasteiger partial charge on any atom is 0.271 e. The number of halogens is 1. The highest BCUT2D eigenvalue weighted by Crippen LogP contribution is 2.37. The number of amides is 1. The van der Waals surface area contributed by atoms with Crippen molar-refractivity contribution in [1.29, 1.82) is 0 Å². The Morgan fingerprint density at radius 1 is 0.964 bits per heavy atom. The Kier molecular flexibility index (Phi) is 5.19. The van der Waals surface area contributed by atoms with Crippen molar-refractivity contribution in [3.8, 4) is 5.75 Å². The van der Waals surface area contributed by atoms with Crippen LogP contribution in [-0.4, -0.2) is 16.2 Å². The van der Waals surface area contributed by atoms with Crippen molar-refractivity contribution < 1.29 is 9.90 Å². The van der Waals surface area contributed by atoms with Gasteiger partial charge in [0.05, 0.1) is 21.3 Å². The van der Waals surface area contributed by atoms with Gasteiger partial charge >= 0.3 is 0 Å². The van der Waals surface area contributed by atoms with Gasteiger partial charge in [0.1, 0.15) is 5.75 Å². The molecule has 1 fully saturated rings. The zero-order chi connectivity index (χ0) is 19.5. The first kappa shape index (κ1) is 18.3. The highest BCUT2D eigenvalue weighted by Gasteiger charge is 2.34. The molecule has 0 radical (unpaired) electrons. The molecular formula is C22H15ClN2O2S. The van der Waals surface area contributed by atoms with Gasteiger partial charge in [-0.1, -0.05) is 54.1 Å². The van der Waals surface area contributed by atoms with Crippen LogP contribution in [0.5, 0.6) is 5.75 Å². The molecule has 1 N–H and O–H groups in total. The van der Waals surface area contributed by atoms with E-state index < -0.39 is 0 Å². The number of anilines is 1. The number of rotatable bonds is 3. The molecule has 138 valence electrons. The Balaban J connectivity index is 1.76. The summed E-state index contributed by atoms with van der Waals surface area (Å²) < 4.78 is 0. The fraction of sp³-hybridized carbons (Fsp3) is 0. The number of thioether (sulfide) groups is 1. The van der Waals surface area contributed by atoms with Crippen LogP contribution in [0.4, 0.5) is 11.4 Å². The molecule has 6 heteroatoms. The number of phenols is 1. The van der Waals surface area contributed by atoms with Crippen LogP contribution in [0.3, 0.4) is 0 Å². The van der Waals surface area contributed by atoms with Gasteiger partial charge in [-0.3, -0.25) is 9.69 Å². The van der Waals surface area contributed by atoms with Crippen molar-refractivity contribution >= 4 is 51.9 Å². The standard InChI is InChI=1S/C22H15ClN2O2S/c23-18-13-15(11-12-19(18)26)14-20-21(27)25(17-9-5-2-6-10-17)22(28-20)24-16-7-3-1-4-8-16/h1-14,26H/b20-14-,24-22?. The fourth-order valence-corrected chi connectivity index (χ4v) is 3.92. The van der Waals surface area contributed by atoms with Crippen molar-refractivity contribution in [2.75, 3.05) is 4.90 Å². The molecule has 4 nitrogen and oxygen atoms in total. The SMILES string of the molecule is O=C1/C(=C/c2ccc(O)c(Cl)c2)SC(=Nc2ccccc2)N1c1ccccc1. The number of hydrogen-bond acceptors (Lipinski definition) is 4. The number of aliphatic imine (C=N–C) groups is 1. The Hall–Kier alpha value is -3.02. The lowest BCUT2D eigenvalue weighted by molar-refractivity contribution is -0.113. The molecule has 3 aromatic carbocycles. The van der Waals surface area contributed by atoms with Gasteiger partial charge in [0, 0.05) is 0 Å². The summed E-state index contributed by atoms with van der Waals surface area (Å²) in [6, 6.07) is 23.8. The van der Waals surface area contributed by atoms with E-state index >= 15 is 0 Å². The Labute approximate surface area is 171 Å². The first-order valence-electron chi connectivity index (χ1n) is 8.53. The second-order valence-corrected chi connectivity index (χ2v) is 7.44. The van der Waals surface area contributed by atoms with E-state index in [9.17, 15) is 9.90 Å². The predicted molar refractivity (Wildman–Crippen MR) is 116 cm³/mol. The Morgan fingerprint density at radius 3 is 2.32 bits per heavy atom. The van der Waals surface area contributed by atoms with E-state index in [1.165, 1.54) is 17.8 Å². The summed E-state index contributed by atoms with van der Waals surface area (Å²) in [4.78, 5) is 19.9. The van der Waals surface area contributed by atoms with Gasteiger partial charge in [-0.25, -0.2) is 4.99 Å². The van der Waals surface area contributed by atoms with Crippen molar-refractivity contribution in [3.05, 3.63) is 94.4 Å². The molecule has 0 bridgehead atoms. The number of amidine groups is 1. The number of carbonyl (C=O) groups excluding carboxylic acids is 1. The molecule has 0 aromatic heterocycles. The highest BCUT2D eigenvalue weighted by atomic mass is 35.5. The summed E-state index contributed by atoms with van der Waals surface area (Å²) in [7, 11) is 0. The third kappa shape index (κ3) is 3.81. The smallest absolute Gasteiger partial charge is 0.271 e. The maximum atomic E-state index is 13.1. The molecule has 1 aliphatic heterocycles. The Morgan fingerprint density at radius 2 is 1.64 bits per heavy atom. The zero-order valence-corrected chi connectivity index (χ0v) is 16.2. The lowest BCUT2D eigenvalue weighted by Crippen LogP contribution is -2.28. The topological polar surface area (TPSA) is 52.9 Å². The minimum atomic E-state index is -0.157. The normalized spacial score (nSPS) is 16.9. The van der Waals surface area contributed by atoms with Crippen LogP contribution in [0.2, 0.25) is 5.02 Å². The lowest BCUT2D eigenvalue weighted by atomic mass is 10.2. The van der Waals surface area contributed by atoms with Crippen LogP contribution in [0.25, 0.3) is 6.08 Å². The van der Waals surface area contributed by atoms with E-state index in [4.69, 9.17) is 11.6 Å². The number of nitrogens with zero attached hydrogens (tertiary/aromatic N) is 2. The molecule has 3 aromatic rings. The summed E-state index contributed by atoms with van der Waals surface area (Å²) >= 11 is 7.29. The highest BCUT2D eigenvalue weighted by molar-refractivity contribution is 8.19. The first-order chi connectivity index (χ1) is 13.6. The van der Waals surface area contributed by atoms with Crippen molar-refractivity contribution in [2.45, 2.75) is 0 Å². The second-order valence-electron chi connectivity index (χ2n) is 6.03. The summed E-state index contributed by atoms with van der Waals surface area (Å²) in [5.74, 6) is -0.151. The zero-order valence-electron chi connectivity index (χ0n) is 14.6. The molecule has 1 heterocycles. The van der Waals surface area contributed by atoms with Gasteiger partial charge < -0.3 is 5.11 Å². The summed E-state index contributed by atoms with van der Waals surface area (Å²) in [6.07, 6.45) is 1.75. The molecule has 0 unspecified atom stereocenters. The lowest BCUT2D eigenvalue weighted by Gasteiger charge is -2.15. The van der Waals surface area contributed by atoms with Gasteiger partial charge in [-0.2, -0.15) is 0 Å². The number of benzene rings is 3. The van der Waals surface area contributed by atoms with Crippen molar-refractivity contribution in [3.63, 3.8) is 0 Å². The quantitative estimate of drug-likeness (QED) is 0.554. The van der Waals surface area contributed by atoms with Crippen LogP contribution in [0, 0.1) is 0 Å². The molecule has 0 spiro atoms. The summed E-state index contributed by atoms with van der Waals surface area (Å²) in [5, 5.41) is 10.4. The minimum absolute atomic E-state index is 0.00598. The maximum absolute atomic E-state index is 13.1. The number of hydrogen-bond donors (Lipinski definition) is 1. The predicted octanol–water partition coefficient (Wildman–Crippen LogP) is 5.85. The summed E-state index contributed by atoms with van der Waals surface area (Å²) in [6.45, 7) is 0. The van der Waals surface area contributed by atoms with Gasteiger partial charge in [-0.05, 0) is 59.8 Å². The molecule has 1 saturated heterocycles. The monoisotopic (exact) mass is 406 g/mol. The number of phenolic OH excluding ortho intramolecular Hbond substituents is 1. The van der Waals surface area contributed by atoms with Crippen LogP contribution >= 0.6 is 23.4 Å². The molecule has 1 amide bonds. The van der Waals surface area contributed by atoms with E-state index in [2.05, 4.69) is 4.99 Å². The van der Waals surface area contributed by atoms with Gasteiger partial charge in [0.25, 0.3) is 5.91 Å². The molecule has 4 rings (SSSR count). The van der Waals surface area contributed by atoms with Crippen molar-refractivity contribution in [1.82, 2.24) is 0 Å². The third-order valence-corrected chi connectivity index (χ3v) is 5.34. The third-order valence-electron chi connectivity index (χ3n) is 4.07. The molecular weight excluding hydrogens is 392 g/mol. The van der Waals surface area contributed by atoms with Gasteiger partial charge in [0.15, 0.2) is 5.17 Å². The number of para-hydroxylation sites is 2. The molecule has 1 aliphatic rings. The molecule has 0 atom stereocenters. The van der Waals surface area contributed by atoms with Crippen molar-refractivity contribution in [2.24, 2.45) is 4.99 Å². The fourth-order valence-electron chi connectivity index (χ4n) is 2.73. The first-order valence-corrected chi connectivity index (χ1v) is 9.72. The Bertz CT molecular complexity index is 1080. The van der Waals surface area contributed by atoms with Crippen LogP contribution in [-0.2, 0) is 4.79 Å². The van der Waals surface area contributed by atoms with Gasteiger partial charge in [0.2, 0.25) is 0 Å². The number of aromatic hydroxyl groups is 1. The minimum Gasteiger partial charge on any atom is -0.506 e. The molecule has 0 aliphatic carbocycles. The average Bonchev–Trinajstić information content (AvgIpc) is 3.01. The van der Waals surface area contributed by atoms with E-state index in [-0.39, 0.29) is 16.7 Å². The van der Waals surface area contributed by atoms with E-state index in [0.29, 0.717) is 10.1 Å². The van der Waals surface area contributed by atoms with Crippen LogP contribution in [0.15, 0.2) is 88.8 Å². The van der Waals surface area contributed by atoms with E-state index in [1.807, 2.05) is 60.7 Å². The molecule has 0 saturated carbocycles.